The van der Waals surface area contributed by atoms with E-state index in [0.717, 1.165) is 19.4 Å². The van der Waals surface area contributed by atoms with Gasteiger partial charge in [-0.1, -0.05) is 18.5 Å². The summed E-state index contributed by atoms with van der Waals surface area (Å²) in [6.45, 7) is 3.36. The van der Waals surface area contributed by atoms with E-state index < -0.39 is 0 Å². The first-order valence-electron chi connectivity index (χ1n) is 5.06. The van der Waals surface area contributed by atoms with Crippen LogP contribution in [-0.2, 0) is 11.2 Å². The molecule has 4 nitrogen and oxygen atoms in total. The topological polar surface area (TPSA) is 44.2 Å². The third kappa shape index (κ3) is 2.79. The SMILES string of the molecule is CCc1nc(Cl)cc(OC2CCOC2)n1. The molecule has 1 aliphatic rings. The van der Waals surface area contributed by atoms with E-state index >= 15 is 0 Å². The highest BCUT2D eigenvalue weighted by molar-refractivity contribution is 6.29. The van der Waals surface area contributed by atoms with Crippen LogP contribution in [0.5, 0.6) is 5.88 Å². The molecule has 0 aromatic carbocycles. The molecule has 1 saturated heterocycles. The van der Waals surface area contributed by atoms with Crippen LogP contribution in [0.2, 0.25) is 5.15 Å². The van der Waals surface area contributed by atoms with Gasteiger partial charge in [0, 0.05) is 18.9 Å². The van der Waals surface area contributed by atoms with Gasteiger partial charge in [0.25, 0.3) is 0 Å². The van der Waals surface area contributed by atoms with Gasteiger partial charge in [0.15, 0.2) is 0 Å². The summed E-state index contributed by atoms with van der Waals surface area (Å²) in [6.07, 6.45) is 1.75. The predicted molar refractivity (Wildman–Crippen MR) is 56.3 cm³/mol. The molecule has 0 spiro atoms. The molecule has 0 N–H and O–H groups in total. The molecule has 1 aromatic rings. The molecule has 1 aromatic heterocycles. The Morgan fingerprint density at radius 3 is 3.13 bits per heavy atom. The van der Waals surface area contributed by atoms with Crippen molar-refractivity contribution in [1.82, 2.24) is 9.97 Å². The second-order valence-corrected chi connectivity index (χ2v) is 3.79. The van der Waals surface area contributed by atoms with Crippen LogP contribution < -0.4 is 4.74 Å². The Morgan fingerprint density at radius 1 is 1.60 bits per heavy atom. The Labute approximate surface area is 93.6 Å². The number of hydrogen-bond acceptors (Lipinski definition) is 4. The van der Waals surface area contributed by atoms with Gasteiger partial charge in [0.05, 0.1) is 13.2 Å². The van der Waals surface area contributed by atoms with Gasteiger partial charge in [-0.25, -0.2) is 4.98 Å². The van der Waals surface area contributed by atoms with E-state index in [1.54, 1.807) is 6.07 Å². The maximum absolute atomic E-state index is 5.85. The zero-order chi connectivity index (χ0) is 10.7. The van der Waals surface area contributed by atoms with Crippen LogP contribution in [0, 0.1) is 0 Å². The molecule has 15 heavy (non-hydrogen) atoms. The number of rotatable bonds is 3. The summed E-state index contributed by atoms with van der Waals surface area (Å²) in [5.41, 5.74) is 0. The first-order valence-corrected chi connectivity index (χ1v) is 5.43. The van der Waals surface area contributed by atoms with E-state index in [1.165, 1.54) is 0 Å². The Kier molecular flexibility index (Phi) is 3.38. The maximum atomic E-state index is 5.85. The van der Waals surface area contributed by atoms with Crippen molar-refractivity contribution in [1.29, 1.82) is 0 Å². The average molecular weight is 229 g/mol. The van der Waals surface area contributed by atoms with Gasteiger partial charge in [-0.3, -0.25) is 0 Å². The molecule has 1 fully saturated rings. The highest BCUT2D eigenvalue weighted by Gasteiger charge is 2.18. The number of hydrogen-bond donors (Lipinski definition) is 0. The first kappa shape index (κ1) is 10.6. The van der Waals surface area contributed by atoms with Gasteiger partial charge < -0.3 is 9.47 Å². The van der Waals surface area contributed by atoms with Gasteiger partial charge in [-0.05, 0) is 0 Å². The summed E-state index contributed by atoms with van der Waals surface area (Å²) in [4.78, 5) is 8.31. The molecule has 1 atom stereocenters. The minimum atomic E-state index is 0.0978. The fraction of sp³-hybridized carbons (Fsp3) is 0.600. The van der Waals surface area contributed by atoms with Crippen molar-refractivity contribution < 1.29 is 9.47 Å². The lowest BCUT2D eigenvalue weighted by Gasteiger charge is -2.11. The van der Waals surface area contributed by atoms with Crippen LogP contribution in [0.3, 0.4) is 0 Å². The number of ether oxygens (including phenoxy) is 2. The normalized spacial score (nSPS) is 20.5. The largest absolute Gasteiger partial charge is 0.472 e. The predicted octanol–water partition coefficient (Wildman–Crippen LogP) is 1.86. The minimum Gasteiger partial charge on any atom is -0.472 e. The second kappa shape index (κ2) is 4.77. The van der Waals surface area contributed by atoms with Crippen molar-refractivity contribution in [3.8, 4) is 5.88 Å². The lowest BCUT2D eigenvalue weighted by atomic mass is 10.3. The molecule has 0 aliphatic carbocycles. The van der Waals surface area contributed by atoms with E-state index in [1.807, 2.05) is 6.92 Å². The number of halogens is 1. The molecule has 0 saturated carbocycles. The van der Waals surface area contributed by atoms with Crippen LogP contribution in [0.15, 0.2) is 6.07 Å². The highest BCUT2D eigenvalue weighted by Crippen LogP contribution is 2.18. The van der Waals surface area contributed by atoms with E-state index in [0.29, 0.717) is 23.5 Å². The summed E-state index contributed by atoms with van der Waals surface area (Å²) in [7, 11) is 0. The zero-order valence-electron chi connectivity index (χ0n) is 8.57. The number of nitrogens with zero attached hydrogens (tertiary/aromatic N) is 2. The fourth-order valence-corrected chi connectivity index (χ4v) is 1.63. The molecule has 5 heteroatoms. The Bertz CT molecular complexity index is 340. The van der Waals surface area contributed by atoms with Gasteiger partial charge >= 0.3 is 0 Å². The van der Waals surface area contributed by atoms with E-state index in [4.69, 9.17) is 21.1 Å². The molecule has 1 aliphatic heterocycles. The van der Waals surface area contributed by atoms with Crippen molar-refractivity contribution in [2.45, 2.75) is 25.9 Å². The molecule has 0 bridgehead atoms. The molecule has 2 rings (SSSR count). The molecule has 1 unspecified atom stereocenters. The van der Waals surface area contributed by atoms with E-state index in [9.17, 15) is 0 Å². The smallest absolute Gasteiger partial charge is 0.218 e. The summed E-state index contributed by atoms with van der Waals surface area (Å²) in [5, 5.41) is 0.427. The summed E-state index contributed by atoms with van der Waals surface area (Å²) in [5.74, 6) is 1.25. The molecule has 2 heterocycles. The molecule has 0 radical (unpaired) electrons. The van der Waals surface area contributed by atoms with Gasteiger partial charge in [-0.2, -0.15) is 4.98 Å². The number of aromatic nitrogens is 2. The van der Waals surface area contributed by atoms with E-state index in [2.05, 4.69) is 9.97 Å². The standard InChI is InChI=1S/C10H13ClN2O2/c1-2-9-12-8(11)5-10(13-9)15-7-3-4-14-6-7/h5,7H,2-4,6H2,1H3. The summed E-state index contributed by atoms with van der Waals surface area (Å²) < 4.78 is 10.9. The average Bonchev–Trinajstić information content (AvgIpc) is 2.69. The number of aryl methyl sites for hydroxylation is 1. The van der Waals surface area contributed by atoms with Crippen LogP contribution >= 0.6 is 11.6 Å². The maximum Gasteiger partial charge on any atom is 0.218 e. The van der Waals surface area contributed by atoms with E-state index in [-0.39, 0.29) is 6.10 Å². The van der Waals surface area contributed by atoms with Gasteiger partial charge in [0.1, 0.15) is 17.1 Å². The molecular formula is C10H13ClN2O2. The van der Waals surface area contributed by atoms with Crippen LogP contribution in [0.4, 0.5) is 0 Å². The highest BCUT2D eigenvalue weighted by atomic mass is 35.5. The van der Waals surface area contributed by atoms with Crippen LogP contribution in [0.1, 0.15) is 19.2 Å². The molecular weight excluding hydrogens is 216 g/mol. The molecule has 0 amide bonds. The zero-order valence-corrected chi connectivity index (χ0v) is 9.33. The quantitative estimate of drug-likeness (QED) is 0.741. The lowest BCUT2D eigenvalue weighted by Crippen LogP contribution is -2.17. The van der Waals surface area contributed by atoms with Gasteiger partial charge in [-0.15, -0.1) is 0 Å². The molecule has 82 valence electrons. The second-order valence-electron chi connectivity index (χ2n) is 3.40. The van der Waals surface area contributed by atoms with Crippen molar-refractivity contribution >= 4 is 11.6 Å². The van der Waals surface area contributed by atoms with Crippen LogP contribution in [-0.4, -0.2) is 29.3 Å². The fourth-order valence-electron chi connectivity index (χ4n) is 1.44. The first-order chi connectivity index (χ1) is 7.28. The third-order valence-corrected chi connectivity index (χ3v) is 2.40. The minimum absolute atomic E-state index is 0.0978. The summed E-state index contributed by atoms with van der Waals surface area (Å²) in [6, 6.07) is 1.64. The Hall–Kier alpha value is -0.870. The van der Waals surface area contributed by atoms with Crippen molar-refractivity contribution in [3.63, 3.8) is 0 Å². The van der Waals surface area contributed by atoms with Crippen molar-refractivity contribution in [2.75, 3.05) is 13.2 Å². The third-order valence-electron chi connectivity index (χ3n) is 2.21. The monoisotopic (exact) mass is 228 g/mol. The Balaban J connectivity index is 2.09. The van der Waals surface area contributed by atoms with Gasteiger partial charge in [0.2, 0.25) is 5.88 Å². The lowest BCUT2D eigenvalue weighted by molar-refractivity contribution is 0.137. The van der Waals surface area contributed by atoms with Crippen molar-refractivity contribution in [2.24, 2.45) is 0 Å². The van der Waals surface area contributed by atoms with Crippen LogP contribution in [0.25, 0.3) is 0 Å². The Morgan fingerprint density at radius 2 is 2.47 bits per heavy atom. The van der Waals surface area contributed by atoms with Crippen molar-refractivity contribution in [3.05, 3.63) is 17.0 Å². The summed E-state index contributed by atoms with van der Waals surface area (Å²) >= 11 is 5.85.